The van der Waals surface area contributed by atoms with Crippen LogP contribution >= 0.6 is 0 Å². The monoisotopic (exact) mass is 368 g/mol. The van der Waals surface area contributed by atoms with Crippen molar-refractivity contribution in [2.45, 2.75) is 51.7 Å². The fourth-order valence-electron chi connectivity index (χ4n) is 3.41. The minimum absolute atomic E-state index is 0.359. The number of nitrogens with one attached hydrogen (secondary N) is 2. The van der Waals surface area contributed by atoms with Crippen molar-refractivity contribution in [2.75, 3.05) is 19.6 Å². The number of likely N-dealkylation sites (tertiary alicyclic amines) is 1. The fraction of sp³-hybridized carbons (Fsp3) is 0.500. The van der Waals surface area contributed by atoms with Crippen molar-refractivity contribution in [2.24, 2.45) is 4.99 Å². The molecule has 5 heteroatoms. The SMILES string of the molecule is CC(C)NC(=NCCc1ccco1)NC1CCN(Cc2ccccc2)CC1. The van der Waals surface area contributed by atoms with Crippen LogP contribution in [0.2, 0.25) is 0 Å². The second-order valence-electron chi connectivity index (χ2n) is 7.54. The molecule has 0 radical (unpaired) electrons. The first-order valence-electron chi connectivity index (χ1n) is 10.1. The van der Waals surface area contributed by atoms with E-state index in [4.69, 9.17) is 9.41 Å². The van der Waals surface area contributed by atoms with Gasteiger partial charge in [0.05, 0.1) is 6.26 Å². The molecule has 1 fully saturated rings. The summed E-state index contributed by atoms with van der Waals surface area (Å²) in [6.45, 7) is 8.30. The molecule has 0 saturated carbocycles. The summed E-state index contributed by atoms with van der Waals surface area (Å²) >= 11 is 0. The Morgan fingerprint density at radius 2 is 1.93 bits per heavy atom. The van der Waals surface area contributed by atoms with E-state index in [9.17, 15) is 0 Å². The maximum Gasteiger partial charge on any atom is 0.191 e. The summed E-state index contributed by atoms with van der Waals surface area (Å²) < 4.78 is 5.39. The first-order valence-corrected chi connectivity index (χ1v) is 10.1. The van der Waals surface area contributed by atoms with Gasteiger partial charge in [-0.2, -0.15) is 0 Å². The molecule has 0 spiro atoms. The minimum Gasteiger partial charge on any atom is -0.469 e. The van der Waals surface area contributed by atoms with Gasteiger partial charge in [0.1, 0.15) is 5.76 Å². The molecule has 1 aliphatic heterocycles. The van der Waals surface area contributed by atoms with Crippen LogP contribution in [-0.4, -0.2) is 42.6 Å². The summed E-state index contributed by atoms with van der Waals surface area (Å²) in [5.41, 5.74) is 1.39. The number of rotatable bonds is 7. The van der Waals surface area contributed by atoms with Crippen LogP contribution in [-0.2, 0) is 13.0 Å². The van der Waals surface area contributed by atoms with Gasteiger partial charge in [0.2, 0.25) is 0 Å². The molecule has 2 N–H and O–H groups in total. The molecule has 0 bridgehead atoms. The molecule has 3 rings (SSSR count). The van der Waals surface area contributed by atoms with E-state index in [1.165, 1.54) is 5.56 Å². The third-order valence-electron chi connectivity index (χ3n) is 4.81. The Hall–Kier alpha value is -2.27. The summed E-state index contributed by atoms with van der Waals surface area (Å²) in [4.78, 5) is 7.28. The molecule has 0 atom stereocenters. The van der Waals surface area contributed by atoms with E-state index in [2.05, 4.69) is 59.7 Å². The Morgan fingerprint density at radius 3 is 2.59 bits per heavy atom. The van der Waals surface area contributed by atoms with Crippen molar-refractivity contribution in [3.8, 4) is 0 Å². The van der Waals surface area contributed by atoms with Gasteiger partial charge in [0.15, 0.2) is 5.96 Å². The molecule has 2 heterocycles. The van der Waals surface area contributed by atoms with Gasteiger partial charge in [-0.25, -0.2) is 0 Å². The first-order chi connectivity index (χ1) is 13.2. The van der Waals surface area contributed by atoms with Crippen LogP contribution in [0.3, 0.4) is 0 Å². The molecule has 1 saturated heterocycles. The van der Waals surface area contributed by atoms with Gasteiger partial charge in [0, 0.05) is 44.7 Å². The van der Waals surface area contributed by atoms with Gasteiger partial charge >= 0.3 is 0 Å². The van der Waals surface area contributed by atoms with Gasteiger partial charge < -0.3 is 15.1 Å². The topological polar surface area (TPSA) is 52.8 Å². The highest BCUT2D eigenvalue weighted by atomic mass is 16.3. The highest BCUT2D eigenvalue weighted by Crippen LogP contribution is 2.14. The number of nitrogens with zero attached hydrogens (tertiary/aromatic N) is 2. The predicted octanol–water partition coefficient (Wildman–Crippen LogP) is 3.43. The zero-order valence-electron chi connectivity index (χ0n) is 16.5. The van der Waals surface area contributed by atoms with Crippen molar-refractivity contribution >= 4 is 5.96 Å². The molecule has 146 valence electrons. The molecule has 0 amide bonds. The van der Waals surface area contributed by atoms with Gasteiger partial charge in [-0.05, 0) is 44.4 Å². The maximum absolute atomic E-state index is 5.39. The lowest BCUT2D eigenvalue weighted by Gasteiger charge is -2.33. The molecule has 0 unspecified atom stereocenters. The summed E-state index contributed by atoms with van der Waals surface area (Å²) in [6.07, 6.45) is 4.83. The Bertz CT molecular complexity index is 674. The zero-order valence-corrected chi connectivity index (χ0v) is 16.5. The van der Waals surface area contributed by atoms with E-state index in [1.54, 1.807) is 6.26 Å². The quantitative estimate of drug-likeness (QED) is 0.581. The van der Waals surface area contributed by atoms with Gasteiger partial charge in [-0.3, -0.25) is 9.89 Å². The molecule has 1 aromatic heterocycles. The first kappa shape index (κ1) is 19.5. The Balaban J connectivity index is 1.46. The van der Waals surface area contributed by atoms with Crippen molar-refractivity contribution in [3.05, 3.63) is 60.1 Å². The van der Waals surface area contributed by atoms with Crippen LogP contribution < -0.4 is 10.6 Å². The van der Waals surface area contributed by atoms with Crippen molar-refractivity contribution < 1.29 is 4.42 Å². The van der Waals surface area contributed by atoms with E-state index >= 15 is 0 Å². The predicted molar refractivity (Wildman–Crippen MR) is 111 cm³/mol. The lowest BCUT2D eigenvalue weighted by Crippen LogP contribution is -2.50. The van der Waals surface area contributed by atoms with Gasteiger partial charge in [0.25, 0.3) is 0 Å². The molecule has 2 aromatic rings. The number of aliphatic imine (C=N–C) groups is 1. The van der Waals surface area contributed by atoms with Crippen LogP contribution in [0.15, 0.2) is 58.1 Å². The average molecular weight is 369 g/mol. The largest absolute Gasteiger partial charge is 0.469 e. The Kier molecular flexibility index (Phi) is 7.34. The lowest BCUT2D eigenvalue weighted by molar-refractivity contribution is 0.198. The van der Waals surface area contributed by atoms with E-state index in [-0.39, 0.29) is 0 Å². The standard InChI is InChI=1S/C22H32N4O/c1-18(2)24-22(23-13-10-21-9-6-16-27-21)25-20-11-14-26(15-12-20)17-19-7-4-3-5-8-19/h3-9,16,18,20H,10-15,17H2,1-2H3,(H2,23,24,25). The van der Waals surface area contributed by atoms with E-state index in [0.29, 0.717) is 12.1 Å². The van der Waals surface area contributed by atoms with Crippen LogP contribution in [0.1, 0.15) is 38.0 Å². The molecule has 1 aliphatic rings. The van der Waals surface area contributed by atoms with Gasteiger partial charge in [-0.15, -0.1) is 0 Å². The summed E-state index contributed by atoms with van der Waals surface area (Å²) in [7, 11) is 0. The molecule has 27 heavy (non-hydrogen) atoms. The van der Waals surface area contributed by atoms with Gasteiger partial charge in [-0.1, -0.05) is 30.3 Å². The van der Waals surface area contributed by atoms with E-state index in [0.717, 1.165) is 57.2 Å². The van der Waals surface area contributed by atoms with E-state index < -0.39 is 0 Å². The number of furan rings is 1. The summed E-state index contributed by atoms with van der Waals surface area (Å²) in [6, 6.07) is 15.5. The molecule has 1 aromatic carbocycles. The smallest absolute Gasteiger partial charge is 0.191 e. The third kappa shape index (κ3) is 6.75. The maximum atomic E-state index is 5.39. The second kappa shape index (κ2) is 10.2. The minimum atomic E-state index is 0.359. The second-order valence-corrected chi connectivity index (χ2v) is 7.54. The normalized spacial score (nSPS) is 16.6. The Labute approximate surface area is 162 Å². The summed E-state index contributed by atoms with van der Waals surface area (Å²) in [5, 5.41) is 7.09. The molecular formula is C22H32N4O. The Morgan fingerprint density at radius 1 is 1.15 bits per heavy atom. The molecular weight excluding hydrogens is 336 g/mol. The highest BCUT2D eigenvalue weighted by molar-refractivity contribution is 5.80. The highest BCUT2D eigenvalue weighted by Gasteiger charge is 2.20. The van der Waals surface area contributed by atoms with E-state index in [1.807, 2.05) is 12.1 Å². The van der Waals surface area contributed by atoms with Crippen molar-refractivity contribution in [1.82, 2.24) is 15.5 Å². The number of benzene rings is 1. The number of hydrogen-bond acceptors (Lipinski definition) is 3. The number of hydrogen-bond donors (Lipinski definition) is 2. The molecule has 5 nitrogen and oxygen atoms in total. The third-order valence-corrected chi connectivity index (χ3v) is 4.81. The van der Waals surface area contributed by atoms with Crippen LogP contribution in [0.4, 0.5) is 0 Å². The summed E-state index contributed by atoms with van der Waals surface area (Å²) in [5.74, 6) is 1.90. The molecule has 0 aliphatic carbocycles. The van der Waals surface area contributed by atoms with Crippen LogP contribution in [0, 0.1) is 0 Å². The number of piperidine rings is 1. The van der Waals surface area contributed by atoms with Crippen LogP contribution in [0.25, 0.3) is 0 Å². The number of guanidine groups is 1. The zero-order chi connectivity index (χ0) is 18.9. The van der Waals surface area contributed by atoms with Crippen molar-refractivity contribution in [3.63, 3.8) is 0 Å². The van der Waals surface area contributed by atoms with Crippen LogP contribution in [0.5, 0.6) is 0 Å². The fourth-order valence-corrected chi connectivity index (χ4v) is 3.41. The average Bonchev–Trinajstić information content (AvgIpc) is 3.17. The lowest BCUT2D eigenvalue weighted by atomic mass is 10.0. The van der Waals surface area contributed by atoms with Crippen molar-refractivity contribution in [1.29, 1.82) is 0 Å².